The number of rotatable bonds is 7. The standard InChI is InChI=1S/C12H19N3O4/c1-3-4-5-19-12(18)14-10(11(16)17)6-9-7-13-8-15(9)2/h7-8,10H,3-6H2,1-2H3,(H,14,18)(H,16,17). The summed E-state index contributed by atoms with van der Waals surface area (Å²) in [6.07, 6.45) is 4.27. The highest BCUT2D eigenvalue weighted by atomic mass is 16.5. The van der Waals surface area contributed by atoms with Crippen molar-refractivity contribution in [3.63, 3.8) is 0 Å². The van der Waals surface area contributed by atoms with Gasteiger partial charge in [-0.05, 0) is 6.42 Å². The van der Waals surface area contributed by atoms with Crippen LogP contribution in [-0.2, 0) is 23.0 Å². The molecular formula is C12H19N3O4. The summed E-state index contributed by atoms with van der Waals surface area (Å²) in [5, 5.41) is 11.4. The van der Waals surface area contributed by atoms with Crippen molar-refractivity contribution in [3.05, 3.63) is 18.2 Å². The molecule has 1 unspecified atom stereocenters. The molecule has 19 heavy (non-hydrogen) atoms. The van der Waals surface area contributed by atoms with Crippen LogP contribution in [0.25, 0.3) is 0 Å². The number of carboxylic acids is 1. The van der Waals surface area contributed by atoms with Crippen LogP contribution in [0, 0.1) is 0 Å². The molecule has 1 heterocycles. The number of aliphatic carboxylic acids is 1. The number of aromatic nitrogens is 2. The number of hydrogen-bond donors (Lipinski definition) is 2. The molecule has 1 rings (SSSR count). The van der Waals surface area contributed by atoms with E-state index < -0.39 is 18.1 Å². The molecule has 2 N–H and O–H groups in total. The van der Waals surface area contributed by atoms with Crippen molar-refractivity contribution in [2.45, 2.75) is 32.2 Å². The van der Waals surface area contributed by atoms with Crippen LogP contribution in [0.4, 0.5) is 4.79 Å². The topological polar surface area (TPSA) is 93.5 Å². The number of aryl methyl sites for hydroxylation is 1. The minimum atomic E-state index is -1.10. The van der Waals surface area contributed by atoms with E-state index in [9.17, 15) is 9.59 Å². The second-order valence-corrected chi connectivity index (χ2v) is 4.22. The van der Waals surface area contributed by atoms with Gasteiger partial charge in [-0.1, -0.05) is 13.3 Å². The largest absolute Gasteiger partial charge is 0.480 e. The third-order valence-electron chi connectivity index (χ3n) is 2.65. The van der Waals surface area contributed by atoms with Gasteiger partial charge in [0, 0.05) is 25.4 Å². The van der Waals surface area contributed by atoms with E-state index in [1.165, 1.54) is 0 Å². The molecule has 7 nitrogen and oxygen atoms in total. The number of carbonyl (C=O) groups is 2. The zero-order valence-electron chi connectivity index (χ0n) is 11.1. The van der Waals surface area contributed by atoms with Crippen LogP contribution in [0.3, 0.4) is 0 Å². The van der Waals surface area contributed by atoms with Crippen molar-refractivity contribution >= 4 is 12.1 Å². The fraction of sp³-hybridized carbons (Fsp3) is 0.583. The predicted molar refractivity (Wildman–Crippen MR) is 67.7 cm³/mol. The molecule has 7 heteroatoms. The maximum absolute atomic E-state index is 11.4. The molecule has 0 fully saturated rings. The Kier molecular flexibility index (Phi) is 5.84. The smallest absolute Gasteiger partial charge is 0.407 e. The summed E-state index contributed by atoms with van der Waals surface area (Å²) in [7, 11) is 1.76. The van der Waals surface area contributed by atoms with Crippen molar-refractivity contribution < 1.29 is 19.4 Å². The van der Waals surface area contributed by atoms with Crippen LogP contribution in [-0.4, -0.2) is 39.4 Å². The van der Waals surface area contributed by atoms with E-state index in [1.54, 1.807) is 24.1 Å². The molecule has 1 amide bonds. The zero-order chi connectivity index (χ0) is 14.3. The second kappa shape index (κ2) is 7.40. The molecule has 0 aliphatic carbocycles. The molecule has 1 aromatic heterocycles. The summed E-state index contributed by atoms with van der Waals surface area (Å²) < 4.78 is 6.59. The van der Waals surface area contributed by atoms with E-state index in [0.717, 1.165) is 18.5 Å². The first kappa shape index (κ1) is 15.0. The van der Waals surface area contributed by atoms with Crippen molar-refractivity contribution in [1.82, 2.24) is 14.9 Å². The van der Waals surface area contributed by atoms with Gasteiger partial charge in [-0.2, -0.15) is 0 Å². The van der Waals surface area contributed by atoms with E-state index in [1.807, 2.05) is 6.92 Å². The number of carbonyl (C=O) groups excluding carboxylic acids is 1. The Morgan fingerprint density at radius 2 is 2.32 bits per heavy atom. The van der Waals surface area contributed by atoms with E-state index in [0.29, 0.717) is 6.61 Å². The number of ether oxygens (including phenoxy) is 1. The van der Waals surface area contributed by atoms with Crippen molar-refractivity contribution in [1.29, 1.82) is 0 Å². The molecule has 0 aliphatic heterocycles. The van der Waals surface area contributed by atoms with Gasteiger partial charge < -0.3 is 19.7 Å². The average Bonchev–Trinajstić information content (AvgIpc) is 2.74. The Balaban J connectivity index is 2.51. The lowest BCUT2D eigenvalue weighted by molar-refractivity contribution is -0.139. The molecule has 0 spiro atoms. The summed E-state index contributed by atoms with van der Waals surface area (Å²) in [6.45, 7) is 2.27. The Bertz CT molecular complexity index is 430. The number of carboxylic acid groups (broad SMARTS) is 1. The van der Waals surface area contributed by atoms with Crippen LogP contribution in [0.1, 0.15) is 25.5 Å². The van der Waals surface area contributed by atoms with Crippen LogP contribution >= 0.6 is 0 Å². The first-order chi connectivity index (χ1) is 9.04. The van der Waals surface area contributed by atoms with Gasteiger partial charge in [-0.25, -0.2) is 14.6 Å². The van der Waals surface area contributed by atoms with E-state index >= 15 is 0 Å². The number of alkyl carbamates (subject to hydrolysis) is 1. The zero-order valence-corrected chi connectivity index (χ0v) is 11.1. The molecule has 106 valence electrons. The average molecular weight is 269 g/mol. The number of imidazole rings is 1. The Hall–Kier alpha value is -2.05. The summed E-state index contributed by atoms with van der Waals surface area (Å²) in [5.74, 6) is -1.10. The molecule has 0 radical (unpaired) electrons. The molecule has 1 atom stereocenters. The number of nitrogens with zero attached hydrogens (tertiary/aromatic N) is 2. The number of amides is 1. The maximum atomic E-state index is 11.4. The SMILES string of the molecule is CCCCOC(=O)NC(Cc1cncn1C)C(=O)O. The number of unbranched alkanes of at least 4 members (excludes halogenated alkanes) is 1. The van der Waals surface area contributed by atoms with Gasteiger partial charge in [0.15, 0.2) is 0 Å². The first-order valence-electron chi connectivity index (χ1n) is 6.16. The normalized spacial score (nSPS) is 11.9. The molecule has 1 aromatic rings. The maximum Gasteiger partial charge on any atom is 0.407 e. The van der Waals surface area contributed by atoms with Gasteiger partial charge in [0.1, 0.15) is 6.04 Å². The monoisotopic (exact) mass is 269 g/mol. The highest BCUT2D eigenvalue weighted by molar-refractivity contribution is 5.80. The fourth-order valence-electron chi connectivity index (χ4n) is 1.48. The van der Waals surface area contributed by atoms with E-state index in [4.69, 9.17) is 9.84 Å². The highest BCUT2D eigenvalue weighted by Gasteiger charge is 2.22. The molecule has 0 aliphatic rings. The minimum absolute atomic E-state index is 0.161. The Morgan fingerprint density at radius 3 is 2.84 bits per heavy atom. The summed E-state index contributed by atoms with van der Waals surface area (Å²) in [4.78, 5) is 26.4. The lowest BCUT2D eigenvalue weighted by Gasteiger charge is -2.14. The van der Waals surface area contributed by atoms with Crippen LogP contribution in [0.15, 0.2) is 12.5 Å². The molecule has 0 bridgehead atoms. The van der Waals surface area contributed by atoms with Gasteiger partial charge in [0.2, 0.25) is 0 Å². The Labute approximate surface area is 111 Å². The van der Waals surface area contributed by atoms with Gasteiger partial charge in [-0.15, -0.1) is 0 Å². The molecule has 0 saturated carbocycles. The lowest BCUT2D eigenvalue weighted by Crippen LogP contribution is -2.43. The Morgan fingerprint density at radius 1 is 1.58 bits per heavy atom. The third-order valence-corrected chi connectivity index (χ3v) is 2.65. The summed E-state index contributed by atoms with van der Waals surface area (Å²) in [6, 6.07) is -1.02. The van der Waals surface area contributed by atoms with Crippen LogP contribution < -0.4 is 5.32 Å². The first-order valence-corrected chi connectivity index (χ1v) is 6.16. The van der Waals surface area contributed by atoms with Crippen LogP contribution in [0.2, 0.25) is 0 Å². The quantitative estimate of drug-likeness (QED) is 0.718. The molecular weight excluding hydrogens is 250 g/mol. The minimum Gasteiger partial charge on any atom is -0.480 e. The summed E-state index contributed by atoms with van der Waals surface area (Å²) >= 11 is 0. The summed E-state index contributed by atoms with van der Waals surface area (Å²) in [5.41, 5.74) is 0.723. The molecule has 0 aromatic carbocycles. The van der Waals surface area contributed by atoms with Gasteiger partial charge in [0.25, 0.3) is 0 Å². The lowest BCUT2D eigenvalue weighted by atomic mass is 10.1. The van der Waals surface area contributed by atoms with Crippen molar-refractivity contribution in [2.24, 2.45) is 7.05 Å². The number of hydrogen-bond acceptors (Lipinski definition) is 4. The third kappa shape index (κ3) is 4.99. The van der Waals surface area contributed by atoms with Gasteiger partial charge in [0.05, 0.1) is 12.9 Å². The van der Waals surface area contributed by atoms with E-state index in [-0.39, 0.29) is 6.42 Å². The van der Waals surface area contributed by atoms with Gasteiger partial charge in [-0.3, -0.25) is 0 Å². The fourth-order valence-corrected chi connectivity index (χ4v) is 1.48. The van der Waals surface area contributed by atoms with Crippen molar-refractivity contribution in [2.75, 3.05) is 6.61 Å². The predicted octanol–water partition coefficient (Wildman–Crippen LogP) is 0.942. The highest BCUT2D eigenvalue weighted by Crippen LogP contribution is 2.02. The molecule has 0 saturated heterocycles. The number of nitrogens with one attached hydrogen (secondary N) is 1. The van der Waals surface area contributed by atoms with Crippen LogP contribution in [0.5, 0.6) is 0 Å². The van der Waals surface area contributed by atoms with E-state index in [2.05, 4.69) is 10.3 Å². The second-order valence-electron chi connectivity index (χ2n) is 4.22. The van der Waals surface area contributed by atoms with Crippen molar-refractivity contribution in [3.8, 4) is 0 Å². The van der Waals surface area contributed by atoms with Gasteiger partial charge >= 0.3 is 12.1 Å².